The molecule has 0 saturated heterocycles. The molecule has 0 atom stereocenters. The molecule has 0 aliphatic rings. The van der Waals surface area contributed by atoms with Gasteiger partial charge in [-0.1, -0.05) is 72.8 Å². The smallest absolute Gasteiger partial charge is 0.138 e. The number of pyridine rings is 1. The summed E-state index contributed by atoms with van der Waals surface area (Å²) in [6.45, 7) is 2.11. The lowest BCUT2D eigenvalue weighted by molar-refractivity contribution is 1.07. The fraction of sp³-hybridized carbons (Fsp3) is 0.0323. The van der Waals surface area contributed by atoms with Crippen molar-refractivity contribution in [3.8, 4) is 34.3 Å². The molecule has 0 saturated carbocycles. The minimum Gasteiger partial charge on any atom is -0.294 e. The number of nitrogens with zero attached hydrogens (tertiary/aromatic N) is 3. The van der Waals surface area contributed by atoms with E-state index in [1.54, 1.807) is 0 Å². The van der Waals surface area contributed by atoms with Crippen molar-refractivity contribution in [2.75, 3.05) is 0 Å². The fourth-order valence-corrected chi connectivity index (χ4v) is 4.66. The number of aryl methyl sites for hydroxylation is 1. The first-order valence-corrected chi connectivity index (χ1v) is 11.3. The van der Waals surface area contributed by atoms with Gasteiger partial charge in [0.05, 0.1) is 28.4 Å². The van der Waals surface area contributed by atoms with Gasteiger partial charge >= 0.3 is 0 Å². The van der Waals surface area contributed by atoms with Crippen LogP contribution in [0.15, 0.2) is 109 Å². The molecule has 0 aliphatic carbocycles. The number of rotatable bonds is 3. The Kier molecular flexibility index (Phi) is 4.71. The molecule has 0 aliphatic heterocycles. The van der Waals surface area contributed by atoms with Crippen LogP contribution in [0.2, 0.25) is 0 Å². The van der Waals surface area contributed by atoms with Crippen LogP contribution in [0.5, 0.6) is 0 Å². The minimum atomic E-state index is 0.659. The van der Waals surface area contributed by atoms with Crippen molar-refractivity contribution in [2.45, 2.75) is 6.92 Å². The molecule has 6 rings (SSSR count). The maximum absolute atomic E-state index is 9.41. The third-order valence-electron chi connectivity index (χ3n) is 6.27. The molecule has 0 spiro atoms. The molecule has 0 amide bonds. The molecule has 3 heteroatoms. The maximum atomic E-state index is 9.41. The Bertz CT molecular complexity index is 1700. The van der Waals surface area contributed by atoms with Crippen LogP contribution in [0.1, 0.15) is 11.1 Å². The molecule has 34 heavy (non-hydrogen) atoms. The normalized spacial score (nSPS) is 11.1. The van der Waals surface area contributed by atoms with Crippen molar-refractivity contribution in [3.05, 3.63) is 120 Å². The van der Waals surface area contributed by atoms with Crippen molar-refractivity contribution in [3.63, 3.8) is 0 Å². The predicted molar refractivity (Wildman–Crippen MR) is 139 cm³/mol. The van der Waals surface area contributed by atoms with E-state index >= 15 is 0 Å². The highest BCUT2D eigenvalue weighted by Crippen LogP contribution is 2.33. The van der Waals surface area contributed by atoms with Gasteiger partial charge in [-0.05, 0) is 60.0 Å². The van der Waals surface area contributed by atoms with Crippen LogP contribution in [0.4, 0.5) is 0 Å². The Morgan fingerprint density at radius 2 is 1.32 bits per heavy atom. The van der Waals surface area contributed by atoms with Gasteiger partial charge in [0.2, 0.25) is 0 Å². The first-order valence-electron chi connectivity index (χ1n) is 11.3. The number of aromatic nitrogens is 2. The van der Waals surface area contributed by atoms with Crippen LogP contribution in [0, 0.1) is 18.3 Å². The summed E-state index contributed by atoms with van der Waals surface area (Å²) in [6.07, 6.45) is 0. The van der Waals surface area contributed by atoms with Gasteiger partial charge in [-0.25, -0.2) is 4.98 Å². The van der Waals surface area contributed by atoms with Gasteiger partial charge in [0.25, 0.3) is 0 Å². The van der Waals surface area contributed by atoms with E-state index in [2.05, 4.69) is 90.4 Å². The van der Waals surface area contributed by atoms with Crippen LogP contribution in [0.3, 0.4) is 0 Å². The van der Waals surface area contributed by atoms with Gasteiger partial charge in [-0.2, -0.15) is 5.26 Å². The van der Waals surface area contributed by atoms with Crippen LogP contribution in [0.25, 0.3) is 50.0 Å². The molecule has 0 bridgehead atoms. The molecule has 6 aromatic rings. The zero-order valence-corrected chi connectivity index (χ0v) is 18.7. The summed E-state index contributed by atoms with van der Waals surface area (Å²) in [5, 5.41) is 11.6. The van der Waals surface area contributed by atoms with E-state index in [9.17, 15) is 5.26 Å². The number of hydrogen-bond donors (Lipinski definition) is 0. The van der Waals surface area contributed by atoms with E-state index in [1.807, 2.05) is 36.4 Å². The van der Waals surface area contributed by atoms with Crippen LogP contribution in [-0.4, -0.2) is 9.55 Å². The summed E-state index contributed by atoms with van der Waals surface area (Å²) < 4.78 is 2.20. The lowest BCUT2D eigenvalue weighted by atomic mass is 10.0. The zero-order valence-electron chi connectivity index (χ0n) is 18.7. The zero-order chi connectivity index (χ0) is 23.1. The second kappa shape index (κ2) is 8.03. The summed E-state index contributed by atoms with van der Waals surface area (Å²) in [5.74, 6) is 0.873. The summed E-state index contributed by atoms with van der Waals surface area (Å²) in [4.78, 5) is 5.09. The predicted octanol–water partition coefficient (Wildman–Crippen LogP) is 7.69. The van der Waals surface area contributed by atoms with Crippen molar-refractivity contribution < 1.29 is 0 Å². The van der Waals surface area contributed by atoms with Crippen molar-refractivity contribution in [2.24, 2.45) is 0 Å². The second-order valence-electron chi connectivity index (χ2n) is 8.53. The minimum absolute atomic E-state index is 0.659. The van der Waals surface area contributed by atoms with Crippen molar-refractivity contribution >= 4 is 21.8 Å². The van der Waals surface area contributed by atoms with E-state index < -0.39 is 0 Å². The first kappa shape index (κ1) is 20.0. The van der Waals surface area contributed by atoms with Gasteiger partial charge < -0.3 is 0 Å². The van der Waals surface area contributed by atoms with Gasteiger partial charge in [-0.15, -0.1) is 0 Å². The lowest BCUT2D eigenvalue weighted by Crippen LogP contribution is -2.00. The number of para-hydroxylation sites is 1. The number of nitriles is 1. The SMILES string of the molecule is Cc1cc(-c2ccc(-c3ccccc3)cc2)nc(-n2c3ccccc3c3cc(C#N)ccc32)c1. The summed E-state index contributed by atoms with van der Waals surface area (Å²) in [7, 11) is 0. The Balaban J connectivity index is 1.51. The van der Waals surface area contributed by atoms with Crippen LogP contribution < -0.4 is 0 Å². The Morgan fingerprint density at radius 1 is 0.647 bits per heavy atom. The Hall–Kier alpha value is -4.68. The van der Waals surface area contributed by atoms with Gasteiger partial charge in [0.1, 0.15) is 5.82 Å². The van der Waals surface area contributed by atoms with Crippen LogP contribution >= 0.6 is 0 Å². The standard InChI is InChI=1S/C31H21N3/c1-21-17-28(25-14-12-24(13-15-25)23-7-3-2-4-8-23)33-31(18-21)34-29-10-6-5-9-26(29)27-19-22(20-32)11-16-30(27)34/h2-19H,1H3. The van der Waals surface area contributed by atoms with Crippen molar-refractivity contribution in [1.29, 1.82) is 5.26 Å². The highest BCUT2D eigenvalue weighted by Gasteiger charge is 2.15. The monoisotopic (exact) mass is 435 g/mol. The third-order valence-corrected chi connectivity index (χ3v) is 6.27. The van der Waals surface area contributed by atoms with E-state index in [-0.39, 0.29) is 0 Å². The third kappa shape index (κ3) is 3.34. The summed E-state index contributed by atoms with van der Waals surface area (Å²) in [6, 6.07) is 39.6. The van der Waals surface area contributed by atoms with E-state index in [0.29, 0.717) is 5.56 Å². The van der Waals surface area contributed by atoms with Crippen LogP contribution in [-0.2, 0) is 0 Å². The Labute approximate surface area is 198 Å². The summed E-state index contributed by atoms with van der Waals surface area (Å²) in [5.41, 5.74) is 8.34. The van der Waals surface area contributed by atoms with E-state index in [1.165, 1.54) is 11.1 Å². The highest BCUT2D eigenvalue weighted by molar-refractivity contribution is 6.09. The first-order chi connectivity index (χ1) is 16.7. The quantitative estimate of drug-likeness (QED) is 0.286. The summed E-state index contributed by atoms with van der Waals surface area (Å²) >= 11 is 0. The number of benzene rings is 4. The average Bonchev–Trinajstić information content (AvgIpc) is 3.22. The lowest BCUT2D eigenvalue weighted by Gasteiger charge is -2.11. The molecule has 4 aromatic carbocycles. The molecule has 3 nitrogen and oxygen atoms in total. The van der Waals surface area contributed by atoms with Gasteiger partial charge in [0.15, 0.2) is 0 Å². The molecule has 160 valence electrons. The molecule has 2 heterocycles. The number of hydrogen-bond acceptors (Lipinski definition) is 2. The maximum Gasteiger partial charge on any atom is 0.138 e. The molecular formula is C31H21N3. The topological polar surface area (TPSA) is 41.6 Å². The van der Waals surface area contributed by atoms with Gasteiger partial charge in [-0.3, -0.25) is 4.57 Å². The fourth-order valence-electron chi connectivity index (χ4n) is 4.66. The van der Waals surface area contributed by atoms with E-state index in [4.69, 9.17) is 4.98 Å². The molecular weight excluding hydrogens is 414 g/mol. The molecule has 0 radical (unpaired) electrons. The average molecular weight is 436 g/mol. The molecule has 0 fully saturated rings. The second-order valence-corrected chi connectivity index (χ2v) is 8.53. The molecule has 0 unspecified atom stereocenters. The van der Waals surface area contributed by atoms with E-state index in [0.717, 1.165) is 44.4 Å². The van der Waals surface area contributed by atoms with Crippen molar-refractivity contribution in [1.82, 2.24) is 9.55 Å². The molecule has 2 aromatic heterocycles. The Morgan fingerprint density at radius 3 is 2.12 bits per heavy atom. The highest BCUT2D eigenvalue weighted by atomic mass is 15.1. The molecule has 0 N–H and O–H groups in total. The largest absolute Gasteiger partial charge is 0.294 e. The number of fused-ring (bicyclic) bond motifs is 3. The van der Waals surface area contributed by atoms with Gasteiger partial charge in [0, 0.05) is 16.3 Å².